The van der Waals surface area contributed by atoms with Gasteiger partial charge in [-0.15, -0.1) is 0 Å². The molecule has 0 bridgehead atoms. The monoisotopic (exact) mass is 665 g/mol. The smallest absolute Gasteiger partial charge is 0.264 e. The van der Waals surface area contributed by atoms with Crippen LogP contribution >= 0.6 is 0 Å². The zero-order valence-corrected chi connectivity index (χ0v) is 29.3. The molecular weight excluding hydrogens is 619 g/mol. The number of nitrogens with one attached hydrogen (secondary N) is 1. The molecule has 0 heterocycles. The van der Waals surface area contributed by atoms with Gasteiger partial charge < -0.3 is 10.2 Å². The fourth-order valence-electron chi connectivity index (χ4n) is 6.46. The number of benzene rings is 4. The number of sulfonamides is 1. The van der Waals surface area contributed by atoms with Gasteiger partial charge in [-0.3, -0.25) is 13.9 Å². The molecule has 5 rings (SSSR count). The number of carbonyl (C=O) groups is 2. The molecule has 0 aliphatic heterocycles. The van der Waals surface area contributed by atoms with E-state index in [4.69, 9.17) is 0 Å². The van der Waals surface area contributed by atoms with Crippen molar-refractivity contribution in [1.82, 2.24) is 10.2 Å². The molecule has 1 unspecified atom stereocenters. The predicted octanol–water partition coefficient (Wildman–Crippen LogP) is 7.20. The van der Waals surface area contributed by atoms with Crippen LogP contribution in [0.4, 0.5) is 5.69 Å². The molecule has 2 amide bonds. The van der Waals surface area contributed by atoms with Crippen molar-refractivity contribution in [2.75, 3.05) is 10.8 Å². The highest BCUT2D eigenvalue weighted by atomic mass is 32.2. The summed E-state index contributed by atoms with van der Waals surface area (Å²) in [6.45, 7) is 7.37. The summed E-state index contributed by atoms with van der Waals surface area (Å²) in [5.74, 6) is -0.667. The Morgan fingerprint density at radius 3 is 2.12 bits per heavy atom. The Bertz CT molecular complexity index is 1820. The van der Waals surface area contributed by atoms with Crippen LogP contribution in [-0.2, 0) is 32.6 Å². The van der Waals surface area contributed by atoms with Crippen molar-refractivity contribution < 1.29 is 18.0 Å². The zero-order chi connectivity index (χ0) is 34.3. The van der Waals surface area contributed by atoms with Gasteiger partial charge in [0.25, 0.3) is 10.0 Å². The lowest BCUT2D eigenvalue weighted by Crippen LogP contribution is -2.55. The van der Waals surface area contributed by atoms with Crippen LogP contribution in [0.2, 0.25) is 0 Å². The molecule has 1 atom stereocenters. The van der Waals surface area contributed by atoms with Gasteiger partial charge in [0, 0.05) is 19.0 Å². The number of nitrogens with zero attached hydrogens (tertiary/aromatic N) is 2. The molecule has 252 valence electrons. The molecule has 1 N–H and O–H groups in total. The minimum Gasteiger partial charge on any atom is -0.352 e. The van der Waals surface area contributed by atoms with Crippen molar-refractivity contribution in [1.29, 1.82) is 0 Å². The second-order valence-corrected chi connectivity index (χ2v) is 15.0. The molecule has 4 aromatic carbocycles. The number of anilines is 1. The van der Waals surface area contributed by atoms with Crippen LogP contribution in [0, 0.1) is 27.7 Å². The molecule has 0 spiro atoms. The predicted molar refractivity (Wildman–Crippen MR) is 192 cm³/mol. The summed E-state index contributed by atoms with van der Waals surface area (Å²) in [6, 6.07) is 28.9. The van der Waals surface area contributed by atoms with Gasteiger partial charge in [-0.25, -0.2) is 8.42 Å². The Hall–Kier alpha value is -4.43. The second-order valence-electron chi connectivity index (χ2n) is 13.1. The van der Waals surface area contributed by atoms with Gasteiger partial charge in [-0.2, -0.15) is 0 Å². The number of hydrogen-bond donors (Lipinski definition) is 1. The van der Waals surface area contributed by atoms with E-state index in [0.717, 1.165) is 65.5 Å². The lowest BCUT2D eigenvalue weighted by molar-refractivity contribution is -0.140. The number of amides is 2. The van der Waals surface area contributed by atoms with Gasteiger partial charge in [-0.05, 0) is 81.0 Å². The van der Waals surface area contributed by atoms with Gasteiger partial charge in [0.2, 0.25) is 11.8 Å². The average Bonchev–Trinajstić information content (AvgIpc) is 3.07. The third kappa shape index (κ3) is 8.53. The minimum absolute atomic E-state index is 0.0498. The Morgan fingerprint density at radius 1 is 0.771 bits per heavy atom. The van der Waals surface area contributed by atoms with E-state index in [1.807, 2.05) is 88.4 Å². The average molecular weight is 666 g/mol. The van der Waals surface area contributed by atoms with E-state index >= 15 is 0 Å². The summed E-state index contributed by atoms with van der Waals surface area (Å²) < 4.78 is 30.0. The summed E-state index contributed by atoms with van der Waals surface area (Å²) in [5.41, 5.74) is 5.86. The van der Waals surface area contributed by atoms with E-state index in [0.29, 0.717) is 12.1 Å². The molecule has 0 radical (unpaired) electrons. The van der Waals surface area contributed by atoms with Crippen LogP contribution in [-0.4, -0.2) is 43.8 Å². The van der Waals surface area contributed by atoms with E-state index < -0.39 is 28.5 Å². The Kier molecular flexibility index (Phi) is 11.4. The summed E-state index contributed by atoms with van der Waals surface area (Å²) in [5, 5.41) is 3.27. The lowest BCUT2D eigenvalue weighted by Gasteiger charge is -2.35. The highest BCUT2D eigenvalue weighted by Crippen LogP contribution is 2.30. The highest BCUT2D eigenvalue weighted by Gasteiger charge is 2.36. The maximum Gasteiger partial charge on any atom is 0.264 e. The second kappa shape index (κ2) is 15.6. The molecule has 1 saturated carbocycles. The van der Waals surface area contributed by atoms with Crippen LogP contribution in [0.25, 0.3) is 0 Å². The van der Waals surface area contributed by atoms with Crippen molar-refractivity contribution in [2.45, 2.75) is 89.7 Å². The van der Waals surface area contributed by atoms with E-state index in [9.17, 15) is 18.0 Å². The van der Waals surface area contributed by atoms with Crippen molar-refractivity contribution in [2.24, 2.45) is 0 Å². The fourth-order valence-corrected chi connectivity index (χ4v) is 7.93. The Labute approximate surface area is 286 Å². The highest BCUT2D eigenvalue weighted by molar-refractivity contribution is 7.92. The first-order valence-electron chi connectivity index (χ1n) is 16.9. The number of aryl methyl sites for hydroxylation is 3. The quantitative estimate of drug-likeness (QED) is 0.173. The standard InChI is InChI=1S/C40H47N3O4S/c1-29-21-23-36(24-22-29)48(46,47)43(37-20-12-14-31(3)32(37)4)28-39(44)42(27-34-17-11-13-30(2)25-34)38(26-33-15-7-5-8-16-33)40(45)41-35-18-9-6-10-19-35/h5,7-8,11-17,20-25,35,38H,6,9-10,18-19,26-28H2,1-4H3,(H,41,45). The number of rotatable bonds is 12. The Morgan fingerprint density at radius 2 is 1.44 bits per heavy atom. The minimum atomic E-state index is -4.16. The molecule has 4 aromatic rings. The summed E-state index contributed by atoms with van der Waals surface area (Å²) in [4.78, 5) is 30.8. The SMILES string of the molecule is Cc1ccc(S(=O)(=O)N(CC(=O)N(Cc2cccc(C)c2)C(Cc2ccccc2)C(=O)NC2CCCCC2)c2cccc(C)c2C)cc1. The molecule has 8 heteroatoms. The van der Waals surface area contributed by atoms with Crippen LogP contribution < -0.4 is 9.62 Å². The first-order valence-corrected chi connectivity index (χ1v) is 18.3. The van der Waals surface area contributed by atoms with Gasteiger partial charge in [0.1, 0.15) is 12.6 Å². The largest absolute Gasteiger partial charge is 0.352 e. The summed E-state index contributed by atoms with van der Waals surface area (Å²) in [6.07, 6.45) is 5.38. The molecule has 1 aliphatic carbocycles. The normalized spacial score (nSPS) is 14.2. The molecule has 48 heavy (non-hydrogen) atoms. The van der Waals surface area contributed by atoms with Crippen LogP contribution in [0.1, 0.15) is 65.5 Å². The fraction of sp³-hybridized carbons (Fsp3) is 0.350. The van der Waals surface area contributed by atoms with E-state index in [2.05, 4.69) is 5.32 Å². The molecule has 7 nitrogen and oxygen atoms in total. The van der Waals surface area contributed by atoms with Crippen LogP contribution in [0.15, 0.2) is 102 Å². The molecular formula is C40H47N3O4S. The van der Waals surface area contributed by atoms with Crippen molar-refractivity contribution in [3.63, 3.8) is 0 Å². The molecule has 0 saturated heterocycles. The third-order valence-corrected chi connectivity index (χ3v) is 11.2. The van der Waals surface area contributed by atoms with Gasteiger partial charge in [0.15, 0.2) is 0 Å². The third-order valence-electron chi connectivity index (χ3n) is 9.39. The molecule has 1 fully saturated rings. The number of carbonyl (C=O) groups excluding carboxylic acids is 2. The summed E-state index contributed by atoms with van der Waals surface area (Å²) in [7, 11) is -4.16. The maximum atomic E-state index is 14.8. The van der Waals surface area contributed by atoms with Gasteiger partial charge in [-0.1, -0.05) is 109 Å². The van der Waals surface area contributed by atoms with Crippen molar-refractivity contribution >= 4 is 27.5 Å². The van der Waals surface area contributed by atoms with Crippen molar-refractivity contribution in [3.05, 3.63) is 130 Å². The van der Waals surface area contributed by atoms with E-state index in [1.54, 1.807) is 41.3 Å². The zero-order valence-electron chi connectivity index (χ0n) is 28.5. The summed E-state index contributed by atoms with van der Waals surface area (Å²) >= 11 is 0. The van der Waals surface area contributed by atoms with E-state index in [-0.39, 0.29) is 23.4 Å². The van der Waals surface area contributed by atoms with Gasteiger partial charge >= 0.3 is 0 Å². The van der Waals surface area contributed by atoms with Crippen LogP contribution in [0.5, 0.6) is 0 Å². The van der Waals surface area contributed by atoms with Crippen molar-refractivity contribution in [3.8, 4) is 0 Å². The number of hydrogen-bond acceptors (Lipinski definition) is 4. The molecule has 0 aromatic heterocycles. The lowest BCUT2D eigenvalue weighted by atomic mass is 9.94. The van der Waals surface area contributed by atoms with Crippen LogP contribution in [0.3, 0.4) is 0 Å². The topological polar surface area (TPSA) is 86.8 Å². The molecule has 1 aliphatic rings. The first kappa shape index (κ1) is 34.9. The maximum absolute atomic E-state index is 14.8. The Balaban J connectivity index is 1.59. The van der Waals surface area contributed by atoms with Gasteiger partial charge in [0.05, 0.1) is 10.6 Å². The van der Waals surface area contributed by atoms with E-state index in [1.165, 1.54) is 4.31 Å². The first-order chi connectivity index (χ1) is 23.0.